The Kier molecular flexibility index (Phi) is 6.33. The highest BCUT2D eigenvalue weighted by molar-refractivity contribution is 5.96. The first-order valence-corrected chi connectivity index (χ1v) is 7.51. The fourth-order valence-corrected chi connectivity index (χ4v) is 1.97. The first kappa shape index (κ1) is 18.3. The van der Waals surface area contributed by atoms with E-state index in [1.807, 2.05) is 0 Å². The third-order valence-electron chi connectivity index (χ3n) is 3.20. The molecule has 1 N–H and O–H groups in total. The number of ether oxygens (including phenoxy) is 3. The third-order valence-corrected chi connectivity index (χ3v) is 3.20. The topological polar surface area (TPSA) is 73.9 Å². The lowest BCUT2D eigenvalue weighted by molar-refractivity contribution is -0.155. The minimum atomic E-state index is -1.03. The van der Waals surface area contributed by atoms with Crippen LogP contribution in [0, 0.1) is 5.82 Å². The molecule has 0 aliphatic rings. The van der Waals surface area contributed by atoms with Crippen molar-refractivity contribution in [1.29, 1.82) is 0 Å². The van der Waals surface area contributed by atoms with Crippen LogP contribution in [0.5, 0.6) is 11.5 Å². The van der Waals surface area contributed by atoms with Gasteiger partial charge in [0, 0.05) is 6.07 Å². The van der Waals surface area contributed by atoms with E-state index in [2.05, 4.69) is 5.32 Å². The number of para-hydroxylation sites is 2. The molecular formula is C18H18FNO5. The number of esters is 1. The summed E-state index contributed by atoms with van der Waals surface area (Å²) in [4.78, 5) is 23.8. The van der Waals surface area contributed by atoms with Gasteiger partial charge in [0.1, 0.15) is 17.3 Å². The first-order chi connectivity index (χ1) is 12.0. The van der Waals surface area contributed by atoms with Crippen LogP contribution in [0.15, 0.2) is 48.5 Å². The Morgan fingerprint density at radius 1 is 1.16 bits per heavy atom. The van der Waals surface area contributed by atoms with Gasteiger partial charge in [-0.2, -0.15) is 0 Å². The molecule has 0 saturated heterocycles. The molecule has 2 aromatic carbocycles. The van der Waals surface area contributed by atoms with Gasteiger partial charge in [0.15, 0.2) is 12.7 Å². The van der Waals surface area contributed by atoms with E-state index in [0.717, 1.165) is 6.07 Å². The second-order valence-corrected chi connectivity index (χ2v) is 5.07. The van der Waals surface area contributed by atoms with Crippen molar-refractivity contribution >= 4 is 17.6 Å². The van der Waals surface area contributed by atoms with Gasteiger partial charge in [-0.25, -0.2) is 9.18 Å². The molecule has 0 aromatic heterocycles. The number of halogens is 1. The highest BCUT2D eigenvalue weighted by Crippen LogP contribution is 2.23. The van der Waals surface area contributed by atoms with E-state index in [-0.39, 0.29) is 5.75 Å². The molecule has 25 heavy (non-hydrogen) atoms. The lowest BCUT2D eigenvalue weighted by atomic mass is 10.2. The fraction of sp³-hybridized carbons (Fsp3) is 0.222. The Bertz CT molecular complexity index is 750. The number of nitrogens with one attached hydrogen (secondary N) is 1. The van der Waals surface area contributed by atoms with E-state index in [4.69, 9.17) is 14.2 Å². The van der Waals surface area contributed by atoms with Crippen LogP contribution in [0.1, 0.15) is 6.92 Å². The summed E-state index contributed by atoms with van der Waals surface area (Å²) in [7, 11) is 1.48. The van der Waals surface area contributed by atoms with Crippen molar-refractivity contribution < 1.29 is 28.2 Å². The van der Waals surface area contributed by atoms with E-state index in [1.165, 1.54) is 32.2 Å². The average Bonchev–Trinajstić information content (AvgIpc) is 2.60. The molecular weight excluding hydrogens is 329 g/mol. The van der Waals surface area contributed by atoms with Crippen molar-refractivity contribution in [3.8, 4) is 11.5 Å². The molecule has 6 nitrogen and oxygen atoms in total. The summed E-state index contributed by atoms with van der Waals surface area (Å²) in [5.41, 5.74) is 0.467. The number of carbonyl (C=O) groups is 2. The maximum Gasteiger partial charge on any atom is 0.344 e. The SMILES string of the molecule is COc1ccccc1NC(=O)[C@@H](C)OC(=O)COc1cccc(F)c1. The summed E-state index contributed by atoms with van der Waals surface area (Å²) in [6.07, 6.45) is -1.03. The van der Waals surface area contributed by atoms with Crippen LogP contribution in [0.4, 0.5) is 10.1 Å². The normalized spacial score (nSPS) is 11.3. The van der Waals surface area contributed by atoms with Crippen molar-refractivity contribution in [1.82, 2.24) is 0 Å². The van der Waals surface area contributed by atoms with Gasteiger partial charge in [-0.05, 0) is 31.2 Å². The molecule has 0 aliphatic carbocycles. The van der Waals surface area contributed by atoms with Crippen LogP contribution in [0.3, 0.4) is 0 Å². The van der Waals surface area contributed by atoms with E-state index in [0.29, 0.717) is 11.4 Å². The summed E-state index contributed by atoms with van der Waals surface area (Å²) < 4.78 is 28.3. The lowest BCUT2D eigenvalue weighted by Crippen LogP contribution is -2.31. The zero-order chi connectivity index (χ0) is 18.2. The van der Waals surface area contributed by atoms with Gasteiger partial charge >= 0.3 is 5.97 Å². The van der Waals surface area contributed by atoms with Gasteiger partial charge in [-0.15, -0.1) is 0 Å². The number of hydrogen-bond donors (Lipinski definition) is 1. The van der Waals surface area contributed by atoms with Gasteiger partial charge in [-0.3, -0.25) is 4.79 Å². The minimum Gasteiger partial charge on any atom is -0.495 e. The van der Waals surface area contributed by atoms with Crippen molar-refractivity contribution in [3.05, 3.63) is 54.3 Å². The molecule has 7 heteroatoms. The molecule has 2 aromatic rings. The van der Waals surface area contributed by atoms with Crippen LogP contribution in [-0.4, -0.2) is 31.7 Å². The largest absolute Gasteiger partial charge is 0.495 e. The van der Waals surface area contributed by atoms with E-state index in [1.54, 1.807) is 24.3 Å². The summed E-state index contributed by atoms with van der Waals surface area (Å²) in [5.74, 6) is -1.04. The molecule has 0 saturated carbocycles. The quantitative estimate of drug-likeness (QED) is 0.780. The Balaban J connectivity index is 1.84. The fourth-order valence-electron chi connectivity index (χ4n) is 1.97. The zero-order valence-corrected chi connectivity index (χ0v) is 13.8. The van der Waals surface area contributed by atoms with Gasteiger partial charge < -0.3 is 19.5 Å². The molecule has 0 fully saturated rings. The molecule has 0 heterocycles. The molecule has 2 rings (SSSR count). The Morgan fingerprint density at radius 2 is 1.92 bits per heavy atom. The van der Waals surface area contributed by atoms with E-state index < -0.39 is 30.4 Å². The van der Waals surface area contributed by atoms with Gasteiger partial charge in [0.2, 0.25) is 0 Å². The molecule has 1 atom stereocenters. The summed E-state index contributed by atoms with van der Waals surface area (Å²) in [6, 6.07) is 12.2. The number of carbonyl (C=O) groups excluding carboxylic acids is 2. The molecule has 0 spiro atoms. The minimum absolute atomic E-state index is 0.197. The van der Waals surface area contributed by atoms with Gasteiger partial charge in [0.25, 0.3) is 5.91 Å². The standard InChI is InChI=1S/C18H18FNO5/c1-12(18(22)20-15-8-3-4-9-16(15)23-2)25-17(21)11-24-14-7-5-6-13(19)10-14/h3-10,12H,11H2,1-2H3,(H,20,22)/t12-/m1/s1. The second kappa shape index (κ2) is 8.68. The van der Waals surface area contributed by atoms with Crippen LogP contribution in [0.25, 0.3) is 0 Å². The Morgan fingerprint density at radius 3 is 2.64 bits per heavy atom. The summed E-state index contributed by atoms with van der Waals surface area (Å²) in [6.45, 7) is 1.00. The first-order valence-electron chi connectivity index (χ1n) is 7.51. The van der Waals surface area contributed by atoms with Crippen LogP contribution in [-0.2, 0) is 14.3 Å². The second-order valence-electron chi connectivity index (χ2n) is 5.07. The Labute approximate surface area is 144 Å². The van der Waals surface area contributed by atoms with Crippen LogP contribution >= 0.6 is 0 Å². The molecule has 0 unspecified atom stereocenters. The van der Waals surface area contributed by atoms with E-state index in [9.17, 15) is 14.0 Å². The maximum atomic E-state index is 13.0. The molecule has 0 bridgehead atoms. The highest BCUT2D eigenvalue weighted by Gasteiger charge is 2.19. The van der Waals surface area contributed by atoms with Gasteiger partial charge in [-0.1, -0.05) is 18.2 Å². The van der Waals surface area contributed by atoms with Crippen molar-refractivity contribution in [2.45, 2.75) is 13.0 Å². The smallest absolute Gasteiger partial charge is 0.344 e. The maximum absolute atomic E-state index is 13.0. The molecule has 132 valence electrons. The van der Waals surface area contributed by atoms with Crippen LogP contribution in [0.2, 0.25) is 0 Å². The number of methoxy groups -OCH3 is 1. The number of hydrogen-bond acceptors (Lipinski definition) is 5. The zero-order valence-electron chi connectivity index (χ0n) is 13.8. The number of anilines is 1. The average molecular weight is 347 g/mol. The monoisotopic (exact) mass is 347 g/mol. The third kappa shape index (κ3) is 5.49. The number of rotatable bonds is 7. The lowest BCUT2D eigenvalue weighted by Gasteiger charge is -2.15. The summed E-state index contributed by atoms with van der Waals surface area (Å²) in [5, 5.41) is 2.62. The summed E-state index contributed by atoms with van der Waals surface area (Å²) >= 11 is 0. The predicted octanol–water partition coefficient (Wildman–Crippen LogP) is 2.78. The van der Waals surface area contributed by atoms with E-state index >= 15 is 0 Å². The highest BCUT2D eigenvalue weighted by atomic mass is 19.1. The van der Waals surface area contributed by atoms with Crippen molar-refractivity contribution in [2.75, 3.05) is 19.0 Å². The van der Waals surface area contributed by atoms with Crippen molar-refractivity contribution in [2.24, 2.45) is 0 Å². The molecule has 1 amide bonds. The number of amides is 1. The van der Waals surface area contributed by atoms with Gasteiger partial charge in [0.05, 0.1) is 12.8 Å². The number of benzene rings is 2. The predicted molar refractivity (Wildman–Crippen MR) is 89.1 cm³/mol. The van der Waals surface area contributed by atoms with Crippen molar-refractivity contribution in [3.63, 3.8) is 0 Å². The van der Waals surface area contributed by atoms with Crippen LogP contribution < -0.4 is 14.8 Å². The Hall–Kier alpha value is -3.09. The molecule has 0 radical (unpaired) electrons. The molecule has 0 aliphatic heterocycles.